The van der Waals surface area contributed by atoms with E-state index in [1.54, 1.807) is 26.0 Å². The van der Waals surface area contributed by atoms with Crippen LogP contribution in [0.1, 0.15) is 18.7 Å². The predicted molar refractivity (Wildman–Crippen MR) is 92.6 cm³/mol. The van der Waals surface area contributed by atoms with Gasteiger partial charge in [0.15, 0.2) is 0 Å². The fourth-order valence-electron chi connectivity index (χ4n) is 2.06. The van der Waals surface area contributed by atoms with Crippen molar-refractivity contribution in [2.45, 2.75) is 24.6 Å². The average Bonchev–Trinajstić information content (AvgIpc) is 3.04. The fraction of sp³-hybridized carbons (Fsp3) is 0.357. The van der Waals surface area contributed by atoms with Gasteiger partial charge < -0.3 is 5.32 Å². The van der Waals surface area contributed by atoms with E-state index in [1.165, 1.54) is 34.0 Å². The van der Waals surface area contributed by atoms with Crippen LogP contribution in [0.2, 0.25) is 0 Å². The second-order valence-electron chi connectivity index (χ2n) is 4.82. The summed E-state index contributed by atoms with van der Waals surface area (Å²) in [6.45, 7) is 4.85. The third kappa shape index (κ3) is 4.08. The summed E-state index contributed by atoms with van der Waals surface area (Å²) in [4.78, 5) is 14.9. The van der Waals surface area contributed by atoms with Crippen LogP contribution in [0.15, 0.2) is 34.7 Å². The summed E-state index contributed by atoms with van der Waals surface area (Å²) in [6.07, 6.45) is 1.17. The Bertz CT molecular complexity index is 798. The van der Waals surface area contributed by atoms with E-state index >= 15 is 0 Å². The van der Waals surface area contributed by atoms with Crippen molar-refractivity contribution in [2.75, 3.05) is 18.4 Å². The largest absolute Gasteiger partial charge is 0.365 e. The number of nitro groups is 1. The predicted octanol–water partition coefficient (Wildman–Crippen LogP) is 2.69. The molecule has 0 unspecified atom stereocenters. The molecule has 0 atom stereocenters. The monoisotopic (exact) mass is 370 g/mol. The van der Waals surface area contributed by atoms with Gasteiger partial charge in [-0.15, -0.1) is 11.3 Å². The van der Waals surface area contributed by atoms with E-state index in [0.717, 1.165) is 4.88 Å². The Balaban J connectivity index is 2.05. The molecule has 0 amide bonds. The van der Waals surface area contributed by atoms with Gasteiger partial charge in [-0.05, 0) is 18.2 Å². The summed E-state index contributed by atoms with van der Waals surface area (Å²) in [6, 6.07) is 6.22. The zero-order chi connectivity index (χ0) is 17.7. The van der Waals surface area contributed by atoms with Crippen LogP contribution in [0.4, 0.5) is 11.5 Å². The Labute approximate surface area is 144 Å². The number of nitrogens with zero attached hydrogens (tertiary/aromatic N) is 3. The summed E-state index contributed by atoms with van der Waals surface area (Å²) >= 11 is 1.20. The van der Waals surface area contributed by atoms with E-state index < -0.39 is 14.9 Å². The highest BCUT2D eigenvalue weighted by Gasteiger charge is 2.23. The number of rotatable bonds is 8. The van der Waals surface area contributed by atoms with Gasteiger partial charge >= 0.3 is 0 Å². The fourth-order valence-corrected chi connectivity index (χ4v) is 4.97. The first-order valence-electron chi connectivity index (χ1n) is 7.31. The molecule has 0 fully saturated rings. The summed E-state index contributed by atoms with van der Waals surface area (Å²) in [5, 5.41) is 13.6. The standard InChI is InChI=1S/C14H18N4O4S2/c1-3-17(4-2)24(21,22)14-8-6-12(23-14)10-16-13-7-5-11(9-15-13)18(19)20/h5-9H,3-4,10H2,1-2H3,(H,15,16). The number of nitrogens with one attached hydrogen (secondary N) is 1. The number of aromatic nitrogens is 1. The Hall–Kier alpha value is -2.04. The van der Waals surface area contributed by atoms with Crippen molar-refractivity contribution in [2.24, 2.45) is 0 Å². The average molecular weight is 370 g/mol. The summed E-state index contributed by atoms with van der Waals surface area (Å²) in [5.41, 5.74) is -0.0794. The molecule has 0 bridgehead atoms. The van der Waals surface area contributed by atoms with Crippen molar-refractivity contribution in [3.8, 4) is 0 Å². The van der Waals surface area contributed by atoms with Gasteiger partial charge in [0.05, 0.1) is 11.5 Å². The maximum absolute atomic E-state index is 12.4. The normalized spacial score (nSPS) is 11.6. The molecule has 8 nitrogen and oxygen atoms in total. The van der Waals surface area contributed by atoms with E-state index in [-0.39, 0.29) is 5.69 Å². The molecule has 130 valence electrons. The molecular weight excluding hydrogens is 352 g/mol. The molecule has 0 saturated heterocycles. The lowest BCUT2D eigenvalue weighted by Crippen LogP contribution is -2.29. The lowest BCUT2D eigenvalue weighted by atomic mass is 10.4. The minimum atomic E-state index is -3.44. The van der Waals surface area contributed by atoms with E-state index in [0.29, 0.717) is 29.7 Å². The number of hydrogen-bond acceptors (Lipinski definition) is 7. The highest BCUT2D eigenvalue weighted by atomic mass is 32.2. The van der Waals surface area contributed by atoms with Gasteiger partial charge in [0.25, 0.3) is 15.7 Å². The lowest BCUT2D eigenvalue weighted by molar-refractivity contribution is -0.385. The van der Waals surface area contributed by atoms with Crippen molar-refractivity contribution in [3.05, 3.63) is 45.5 Å². The molecule has 0 aliphatic rings. The van der Waals surface area contributed by atoms with Gasteiger partial charge in [-0.2, -0.15) is 4.31 Å². The van der Waals surface area contributed by atoms with Crippen molar-refractivity contribution in [1.29, 1.82) is 0 Å². The quantitative estimate of drug-likeness (QED) is 0.566. The Morgan fingerprint density at radius 1 is 1.25 bits per heavy atom. The van der Waals surface area contributed by atoms with Crippen LogP contribution in [-0.2, 0) is 16.6 Å². The number of hydrogen-bond donors (Lipinski definition) is 1. The number of thiophene rings is 1. The summed E-state index contributed by atoms with van der Waals surface area (Å²) in [7, 11) is -3.44. The minimum absolute atomic E-state index is 0.0794. The van der Waals surface area contributed by atoms with Crippen molar-refractivity contribution >= 4 is 32.9 Å². The molecular formula is C14H18N4O4S2. The maximum atomic E-state index is 12.4. The lowest BCUT2D eigenvalue weighted by Gasteiger charge is -2.16. The third-order valence-corrected chi connectivity index (χ3v) is 6.94. The van der Waals surface area contributed by atoms with Gasteiger partial charge in [0.1, 0.15) is 16.2 Å². The molecule has 0 aliphatic heterocycles. The number of anilines is 1. The van der Waals surface area contributed by atoms with Crippen LogP contribution in [0.25, 0.3) is 0 Å². The zero-order valence-electron chi connectivity index (χ0n) is 13.3. The smallest absolute Gasteiger partial charge is 0.287 e. The SMILES string of the molecule is CCN(CC)S(=O)(=O)c1ccc(CNc2ccc([N+](=O)[O-])cn2)s1. The van der Waals surface area contributed by atoms with E-state index in [1.807, 2.05) is 0 Å². The maximum Gasteiger partial charge on any atom is 0.287 e. The second-order valence-corrected chi connectivity index (χ2v) is 8.16. The highest BCUT2D eigenvalue weighted by Crippen LogP contribution is 2.25. The first-order chi connectivity index (χ1) is 11.4. The Kier molecular flexibility index (Phi) is 5.86. The van der Waals surface area contributed by atoms with Crippen molar-refractivity contribution in [1.82, 2.24) is 9.29 Å². The molecule has 24 heavy (non-hydrogen) atoms. The van der Waals surface area contributed by atoms with Crippen LogP contribution in [-0.4, -0.2) is 35.7 Å². The van der Waals surface area contributed by atoms with Crippen LogP contribution >= 0.6 is 11.3 Å². The molecule has 2 aromatic heterocycles. The molecule has 0 saturated carbocycles. The Morgan fingerprint density at radius 2 is 1.96 bits per heavy atom. The highest BCUT2D eigenvalue weighted by molar-refractivity contribution is 7.91. The molecule has 0 aliphatic carbocycles. The van der Waals surface area contributed by atoms with Gasteiger partial charge in [0, 0.05) is 24.0 Å². The summed E-state index contributed by atoms with van der Waals surface area (Å²) < 4.78 is 26.6. The topological polar surface area (TPSA) is 105 Å². The van der Waals surface area contributed by atoms with Gasteiger partial charge in [0.2, 0.25) is 0 Å². The van der Waals surface area contributed by atoms with Crippen LogP contribution in [0, 0.1) is 10.1 Å². The molecule has 2 heterocycles. The minimum Gasteiger partial charge on any atom is -0.365 e. The first-order valence-corrected chi connectivity index (χ1v) is 9.57. The molecule has 10 heteroatoms. The first kappa shape index (κ1) is 18.3. The second kappa shape index (κ2) is 7.69. The summed E-state index contributed by atoms with van der Waals surface area (Å²) in [5.74, 6) is 0.488. The van der Waals surface area contributed by atoms with E-state index in [9.17, 15) is 18.5 Å². The Morgan fingerprint density at radius 3 is 2.50 bits per heavy atom. The zero-order valence-corrected chi connectivity index (χ0v) is 14.9. The molecule has 0 spiro atoms. The van der Waals surface area contributed by atoms with Crippen molar-refractivity contribution < 1.29 is 13.3 Å². The molecule has 2 aromatic rings. The van der Waals surface area contributed by atoms with Crippen molar-refractivity contribution in [3.63, 3.8) is 0 Å². The van der Waals surface area contributed by atoms with Gasteiger partial charge in [-0.3, -0.25) is 10.1 Å². The van der Waals surface area contributed by atoms with Gasteiger partial charge in [-0.25, -0.2) is 13.4 Å². The molecule has 0 aromatic carbocycles. The molecule has 1 N–H and O–H groups in total. The van der Waals surface area contributed by atoms with E-state index in [4.69, 9.17) is 0 Å². The number of pyridine rings is 1. The van der Waals surface area contributed by atoms with Gasteiger partial charge in [-0.1, -0.05) is 13.8 Å². The number of sulfonamides is 1. The third-order valence-electron chi connectivity index (χ3n) is 3.34. The van der Waals surface area contributed by atoms with Crippen LogP contribution in [0.5, 0.6) is 0 Å². The van der Waals surface area contributed by atoms with E-state index in [2.05, 4.69) is 10.3 Å². The molecule has 0 radical (unpaired) electrons. The molecule has 2 rings (SSSR count). The van der Waals surface area contributed by atoms with Crippen LogP contribution < -0.4 is 5.32 Å². The van der Waals surface area contributed by atoms with Crippen LogP contribution in [0.3, 0.4) is 0 Å².